The fourth-order valence-electron chi connectivity index (χ4n) is 4.22. The van der Waals surface area contributed by atoms with E-state index in [2.05, 4.69) is 10.6 Å². The van der Waals surface area contributed by atoms with Crippen molar-refractivity contribution in [3.8, 4) is 28.7 Å². The van der Waals surface area contributed by atoms with E-state index in [9.17, 15) is 39.9 Å². The molecule has 1 aliphatic rings. The normalized spacial score (nSPS) is 17.3. The van der Waals surface area contributed by atoms with E-state index in [-0.39, 0.29) is 11.3 Å². The second kappa shape index (κ2) is 11.1. The lowest BCUT2D eigenvalue weighted by Crippen LogP contribution is -2.49. The van der Waals surface area contributed by atoms with Crippen molar-refractivity contribution < 1.29 is 44.7 Å². The minimum absolute atomic E-state index is 0.0149. The fourth-order valence-corrected chi connectivity index (χ4v) is 4.22. The van der Waals surface area contributed by atoms with Crippen LogP contribution in [-0.4, -0.2) is 68.4 Å². The molecule has 0 bridgehead atoms. The molecule has 1 saturated heterocycles. The molecule has 0 saturated carbocycles. The summed E-state index contributed by atoms with van der Waals surface area (Å²) in [5, 5.41) is 56.3. The van der Waals surface area contributed by atoms with E-state index in [0.717, 1.165) is 24.3 Å². The van der Waals surface area contributed by atoms with Crippen molar-refractivity contribution in [2.75, 3.05) is 13.1 Å². The third-order valence-electron chi connectivity index (χ3n) is 6.17. The summed E-state index contributed by atoms with van der Waals surface area (Å²) in [7, 11) is 0. The average Bonchev–Trinajstić information content (AvgIpc) is 3.08. The number of ketones is 1. The highest BCUT2D eigenvalue weighted by Gasteiger charge is 2.31. The molecule has 1 aliphatic heterocycles. The van der Waals surface area contributed by atoms with E-state index in [0.29, 0.717) is 31.5 Å². The maximum absolute atomic E-state index is 13.0. The monoisotopic (exact) mass is 522 g/mol. The van der Waals surface area contributed by atoms with Crippen molar-refractivity contribution >= 4 is 17.7 Å². The number of hydrogen-bond acceptors (Lipinski definition) is 10. The number of ether oxygens (including phenoxy) is 1. The Morgan fingerprint density at radius 1 is 0.816 bits per heavy atom. The Labute approximate surface area is 216 Å². The number of benzene rings is 3. The molecule has 0 unspecified atom stereocenters. The highest BCUT2D eigenvalue weighted by molar-refractivity contribution is 6.15. The van der Waals surface area contributed by atoms with Gasteiger partial charge in [-0.25, -0.2) is 4.79 Å². The summed E-state index contributed by atoms with van der Waals surface area (Å²) >= 11 is 0. The van der Waals surface area contributed by atoms with Gasteiger partial charge in [0, 0.05) is 12.1 Å². The average molecular weight is 523 g/mol. The van der Waals surface area contributed by atoms with Gasteiger partial charge in [0.25, 0.3) is 5.91 Å². The zero-order chi connectivity index (χ0) is 27.4. The predicted octanol–water partition coefficient (Wildman–Crippen LogP) is 2.15. The maximum atomic E-state index is 13.0. The molecule has 4 rings (SSSR count). The SMILES string of the molecule is O=C(N[C@H]1CNCCC[C@H]1OC(=O)c1cc(O)c(C(=O)c2c(O)cccc2O)c(O)c1)c1ccc(O)cc1. The molecule has 0 spiro atoms. The molecular weight excluding hydrogens is 496 g/mol. The molecule has 11 nitrogen and oxygen atoms in total. The third-order valence-corrected chi connectivity index (χ3v) is 6.17. The zero-order valence-corrected chi connectivity index (χ0v) is 20.0. The lowest BCUT2D eigenvalue weighted by Gasteiger charge is -2.26. The van der Waals surface area contributed by atoms with Crippen LogP contribution in [0.15, 0.2) is 54.6 Å². The largest absolute Gasteiger partial charge is 0.508 e. The highest BCUT2D eigenvalue weighted by Crippen LogP contribution is 2.36. The van der Waals surface area contributed by atoms with Crippen LogP contribution in [0.2, 0.25) is 0 Å². The van der Waals surface area contributed by atoms with E-state index < -0.39 is 63.9 Å². The molecule has 198 valence electrons. The van der Waals surface area contributed by atoms with Gasteiger partial charge in [-0.3, -0.25) is 9.59 Å². The Kier molecular flexibility index (Phi) is 7.68. The summed E-state index contributed by atoms with van der Waals surface area (Å²) in [6, 6.07) is 10.6. The fraction of sp³-hybridized carbons (Fsp3) is 0.222. The standard InChI is InChI=1S/C27H26N2O9/c30-16-8-6-14(7-9-16)26(36)29-17-13-28-10-2-5-22(17)38-27(37)15-11-20(33)24(21(34)12-15)25(35)23-18(31)3-1-4-19(23)32/h1,3-4,6-9,11-12,17,22,28,30-34H,2,5,10,13H2,(H,29,36)/t17-,22+/m0/s1. The van der Waals surface area contributed by atoms with Crippen molar-refractivity contribution in [1.29, 1.82) is 0 Å². The summed E-state index contributed by atoms with van der Waals surface area (Å²) in [6.45, 7) is 0.951. The molecule has 7 N–H and O–H groups in total. The molecule has 1 heterocycles. The molecule has 11 heteroatoms. The minimum atomic E-state index is -1.05. The summed E-state index contributed by atoms with van der Waals surface area (Å²) in [5.74, 6) is -5.00. The van der Waals surface area contributed by atoms with Crippen LogP contribution in [0.3, 0.4) is 0 Å². The first kappa shape index (κ1) is 26.3. The van der Waals surface area contributed by atoms with Crippen molar-refractivity contribution in [3.63, 3.8) is 0 Å². The molecule has 2 atom stereocenters. The molecular formula is C27H26N2O9. The van der Waals surface area contributed by atoms with Crippen LogP contribution in [0.1, 0.15) is 49.5 Å². The summed E-state index contributed by atoms with van der Waals surface area (Å²) in [5.41, 5.74) is -1.08. The van der Waals surface area contributed by atoms with Gasteiger partial charge in [-0.15, -0.1) is 0 Å². The Morgan fingerprint density at radius 2 is 1.42 bits per heavy atom. The molecule has 0 aliphatic carbocycles. The molecule has 0 aromatic heterocycles. The number of esters is 1. The van der Waals surface area contributed by atoms with Crippen molar-refractivity contribution in [1.82, 2.24) is 10.6 Å². The number of aromatic hydroxyl groups is 5. The van der Waals surface area contributed by atoms with Gasteiger partial charge < -0.3 is 40.9 Å². The number of carbonyl (C=O) groups is 3. The molecule has 0 radical (unpaired) electrons. The van der Waals surface area contributed by atoms with E-state index in [1.807, 2.05) is 0 Å². The topological polar surface area (TPSA) is 186 Å². The molecule has 3 aromatic carbocycles. The van der Waals surface area contributed by atoms with Crippen molar-refractivity contribution in [2.45, 2.75) is 25.0 Å². The number of phenols is 5. The van der Waals surface area contributed by atoms with Gasteiger partial charge in [0.15, 0.2) is 0 Å². The molecule has 3 aromatic rings. The van der Waals surface area contributed by atoms with Crippen molar-refractivity contribution in [2.24, 2.45) is 0 Å². The molecule has 1 amide bonds. The van der Waals surface area contributed by atoms with Gasteiger partial charge in [0.1, 0.15) is 46.0 Å². The Bertz CT molecular complexity index is 1330. The first-order valence-electron chi connectivity index (χ1n) is 11.8. The van der Waals surface area contributed by atoms with E-state index >= 15 is 0 Å². The summed E-state index contributed by atoms with van der Waals surface area (Å²) in [6.07, 6.45) is 0.320. The van der Waals surface area contributed by atoms with Crippen LogP contribution in [0.5, 0.6) is 28.7 Å². The van der Waals surface area contributed by atoms with Crippen LogP contribution >= 0.6 is 0 Å². The van der Waals surface area contributed by atoms with Gasteiger partial charge >= 0.3 is 5.97 Å². The first-order valence-corrected chi connectivity index (χ1v) is 11.8. The lowest BCUT2D eigenvalue weighted by atomic mass is 9.98. The minimum Gasteiger partial charge on any atom is -0.508 e. The number of nitrogens with one attached hydrogen (secondary N) is 2. The number of phenolic OH excluding ortho intramolecular Hbond substituents is 5. The number of carbonyl (C=O) groups excluding carboxylic acids is 3. The van der Waals surface area contributed by atoms with Crippen molar-refractivity contribution in [3.05, 3.63) is 76.9 Å². The predicted molar refractivity (Wildman–Crippen MR) is 134 cm³/mol. The Morgan fingerprint density at radius 3 is 2.05 bits per heavy atom. The van der Waals surface area contributed by atoms with Gasteiger partial charge in [-0.05, 0) is 67.9 Å². The van der Waals surface area contributed by atoms with E-state index in [4.69, 9.17) is 4.74 Å². The third kappa shape index (κ3) is 5.62. The zero-order valence-electron chi connectivity index (χ0n) is 20.0. The molecule has 38 heavy (non-hydrogen) atoms. The van der Waals surface area contributed by atoms with Crippen LogP contribution in [0.4, 0.5) is 0 Å². The smallest absolute Gasteiger partial charge is 0.338 e. The van der Waals surface area contributed by atoms with E-state index in [1.165, 1.54) is 30.3 Å². The van der Waals surface area contributed by atoms with Gasteiger partial charge in [0.05, 0.1) is 11.6 Å². The maximum Gasteiger partial charge on any atom is 0.338 e. The van der Waals surface area contributed by atoms with Gasteiger partial charge in [-0.2, -0.15) is 0 Å². The quantitative estimate of drug-likeness (QED) is 0.187. The van der Waals surface area contributed by atoms with Crippen LogP contribution in [0, 0.1) is 0 Å². The number of rotatable bonds is 6. The molecule has 1 fully saturated rings. The highest BCUT2D eigenvalue weighted by atomic mass is 16.5. The van der Waals surface area contributed by atoms with E-state index in [1.54, 1.807) is 0 Å². The summed E-state index contributed by atoms with van der Waals surface area (Å²) < 4.78 is 5.64. The van der Waals surface area contributed by atoms with Crippen LogP contribution < -0.4 is 10.6 Å². The Hall–Kier alpha value is -4.77. The summed E-state index contributed by atoms with van der Waals surface area (Å²) in [4.78, 5) is 38.5. The van der Waals surface area contributed by atoms with Gasteiger partial charge in [0.2, 0.25) is 5.78 Å². The lowest BCUT2D eigenvalue weighted by molar-refractivity contribution is 0.0191. The van der Waals surface area contributed by atoms with Crippen LogP contribution in [0.25, 0.3) is 0 Å². The second-order valence-electron chi connectivity index (χ2n) is 8.81. The second-order valence-corrected chi connectivity index (χ2v) is 8.81. The Balaban J connectivity index is 1.53. The first-order chi connectivity index (χ1) is 18.2. The van der Waals surface area contributed by atoms with Gasteiger partial charge in [-0.1, -0.05) is 6.07 Å². The van der Waals surface area contributed by atoms with Crippen LogP contribution in [-0.2, 0) is 4.74 Å². The number of amides is 1. The number of hydrogen-bond donors (Lipinski definition) is 7.